The molecule has 208 valence electrons. The lowest BCUT2D eigenvalue weighted by atomic mass is 10.1. The zero-order valence-corrected chi connectivity index (χ0v) is 22.6. The average molecular weight is 553 g/mol. The summed E-state index contributed by atoms with van der Waals surface area (Å²) in [4.78, 5) is 32.1. The highest BCUT2D eigenvalue weighted by atomic mass is 19.1. The molecule has 3 heterocycles. The number of anilines is 2. The van der Waals surface area contributed by atoms with Crippen LogP contribution >= 0.6 is 0 Å². The van der Waals surface area contributed by atoms with Crippen molar-refractivity contribution in [2.45, 2.75) is 13.5 Å². The number of fused-ring (bicyclic) bond motifs is 1. The number of para-hydroxylation sites is 2. The maximum absolute atomic E-state index is 15.7. The van der Waals surface area contributed by atoms with Crippen LogP contribution in [0.4, 0.5) is 15.8 Å². The van der Waals surface area contributed by atoms with E-state index in [9.17, 15) is 9.59 Å². The van der Waals surface area contributed by atoms with Gasteiger partial charge in [-0.3, -0.25) is 4.79 Å². The van der Waals surface area contributed by atoms with E-state index in [0.717, 1.165) is 24.3 Å². The maximum Gasteiger partial charge on any atom is 0.343 e. The van der Waals surface area contributed by atoms with Gasteiger partial charge in [0.15, 0.2) is 0 Å². The highest BCUT2D eigenvalue weighted by molar-refractivity contribution is 5.95. The first-order valence-corrected chi connectivity index (χ1v) is 13.6. The second-order valence-corrected chi connectivity index (χ2v) is 9.78. The minimum Gasteiger partial charge on any atom is -0.462 e. The van der Waals surface area contributed by atoms with E-state index >= 15 is 4.39 Å². The van der Waals surface area contributed by atoms with Crippen molar-refractivity contribution < 1.29 is 13.9 Å². The molecule has 0 unspecified atom stereocenters. The van der Waals surface area contributed by atoms with Crippen molar-refractivity contribution in [3.05, 3.63) is 112 Å². The largest absolute Gasteiger partial charge is 0.462 e. The molecule has 1 fully saturated rings. The van der Waals surface area contributed by atoms with E-state index in [-0.39, 0.29) is 17.6 Å². The molecule has 9 nitrogen and oxygen atoms in total. The van der Waals surface area contributed by atoms with Gasteiger partial charge in [0.25, 0.3) is 0 Å². The van der Waals surface area contributed by atoms with E-state index in [1.54, 1.807) is 34.7 Å². The van der Waals surface area contributed by atoms with Gasteiger partial charge in [-0.05, 0) is 42.8 Å². The standard InChI is InChI=1S/C31H29FN6O3/c1-2-41-31(40)25-21-37(27-11-7-6-8-22(27)20-38-33-12-13-34-38)28-19-29(26(32)18-24(28)30(25)39)36-16-14-35(15-17-36)23-9-4-3-5-10-23/h3-13,18-19,21H,2,14-17,20H2,1H3. The molecule has 0 spiro atoms. The summed E-state index contributed by atoms with van der Waals surface area (Å²) in [6.45, 7) is 4.84. The fourth-order valence-electron chi connectivity index (χ4n) is 5.33. The SMILES string of the molecule is CCOC(=O)c1cn(-c2ccccc2Cn2nccn2)c2cc(N3CCN(c4ccccc4)CC3)c(F)cc2c1=O. The number of carbonyl (C=O) groups excluding carboxylic acids is 1. The Kier molecular flexibility index (Phi) is 7.20. The molecule has 1 saturated heterocycles. The van der Waals surface area contributed by atoms with Crippen LogP contribution < -0.4 is 15.2 Å². The first-order valence-electron chi connectivity index (χ1n) is 13.6. The summed E-state index contributed by atoms with van der Waals surface area (Å²) in [5, 5.41) is 8.54. The summed E-state index contributed by atoms with van der Waals surface area (Å²) in [5.41, 5.74) is 2.88. The van der Waals surface area contributed by atoms with Gasteiger partial charge in [-0.15, -0.1) is 0 Å². The van der Waals surface area contributed by atoms with E-state index in [1.165, 1.54) is 12.3 Å². The molecule has 1 aliphatic rings. The van der Waals surface area contributed by atoms with Crippen LogP contribution in [0.5, 0.6) is 0 Å². The molecule has 2 aromatic heterocycles. The van der Waals surface area contributed by atoms with Crippen LogP contribution in [0.3, 0.4) is 0 Å². The Bertz CT molecular complexity index is 1750. The molecule has 0 bridgehead atoms. The molecule has 10 heteroatoms. The third-order valence-corrected chi connectivity index (χ3v) is 7.34. The number of nitrogens with zero attached hydrogens (tertiary/aromatic N) is 6. The van der Waals surface area contributed by atoms with Gasteiger partial charge in [0, 0.05) is 43.4 Å². The van der Waals surface area contributed by atoms with Crippen LogP contribution in [0.25, 0.3) is 16.6 Å². The Morgan fingerprint density at radius 2 is 1.59 bits per heavy atom. The molecule has 0 radical (unpaired) electrons. The molecule has 0 aliphatic carbocycles. The Balaban J connectivity index is 1.46. The number of piperazine rings is 1. The van der Waals surface area contributed by atoms with Crippen molar-refractivity contribution in [3.63, 3.8) is 0 Å². The maximum atomic E-state index is 15.7. The van der Waals surface area contributed by atoms with Crippen LogP contribution in [0.15, 0.2) is 90.1 Å². The van der Waals surface area contributed by atoms with Gasteiger partial charge in [0.1, 0.15) is 11.4 Å². The molecule has 0 N–H and O–H groups in total. The Hall–Kier alpha value is -4.99. The molecule has 5 aromatic rings. The third-order valence-electron chi connectivity index (χ3n) is 7.34. The lowest BCUT2D eigenvalue weighted by Gasteiger charge is -2.37. The molecule has 0 atom stereocenters. The van der Waals surface area contributed by atoms with Crippen molar-refractivity contribution in [2.75, 3.05) is 42.6 Å². The molecule has 0 saturated carbocycles. The van der Waals surface area contributed by atoms with Crippen molar-refractivity contribution in [1.29, 1.82) is 0 Å². The van der Waals surface area contributed by atoms with Gasteiger partial charge in [0.2, 0.25) is 5.43 Å². The Morgan fingerprint density at radius 3 is 2.32 bits per heavy atom. The van der Waals surface area contributed by atoms with E-state index in [1.807, 2.05) is 47.4 Å². The van der Waals surface area contributed by atoms with Gasteiger partial charge < -0.3 is 19.1 Å². The van der Waals surface area contributed by atoms with Crippen LogP contribution in [-0.4, -0.2) is 58.3 Å². The summed E-state index contributed by atoms with van der Waals surface area (Å²) >= 11 is 0. The van der Waals surface area contributed by atoms with Gasteiger partial charge in [-0.25, -0.2) is 9.18 Å². The highest BCUT2D eigenvalue weighted by Gasteiger charge is 2.24. The molecule has 41 heavy (non-hydrogen) atoms. The number of carbonyl (C=O) groups is 1. The number of halogens is 1. The second-order valence-electron chi connectivity index (χ2n) is 9.78. The number of hydrogen-bond donors (Lipinski definition) is 0. The minimum atomic E-state index is -0.749. The number of ether oxygens (including phenoxy) is 1. The Labute approximate surface area is 236 Å². The number of esters is 1. The van der Waals surface area contributed by atoms with Crippen molar-refractivity contribution >= 4 is 28.2 Å². The van der Waals surface area contributed by atoms with Gasteiger partial charge in [-0.1, -0.05) is 36.4 Å². The molecule has 6 rings (SSSR count). The second kappa shape index (κ2) is 11.2. The summed E-state index contributed by atoms with van der Waals surface area (Å²) in [6, 6.07) is 20.7. The number of rotatable bonds is 7. The average Bonchev–Trinajstić information content (AvgIpc) is 3.52. The summed E-state index contributed by atoms with van der Waals surface area (Å²) < 4.78 is 22.7. The summed E-state index contributed by atoms with van der Waals surface area (Å²) in [7, 11) is 0. The monoisotopic (exact) mass is 552 g/mol. The smallest absolute Gasteiger partial charge is 0.343 e. The topological polar surface area (TPSA) is 85.5 Å². The van der Waals surface area contributed by atoms with E-state index < -0.39 is 17.2 Å². The predicted octanol–water partition coefficient (Wildman–Crippen LogP) is 4.27. The normalized spacial score (nSPS) is 13.5. The molecule has 3 aromatic carbocycles. The quantitative estimate of drug-likeness (QED) is 0.279. The lowest BCUT2D eigenvalue weighted by Crippen LogP contribution is -2.46. The van der Waals surface area contributed by atoms with Gasteiger partial charge in [0.05, 0.1) is 42.4 Å². The van der Waals surface area contributed by atoms with E-state index in [2.05, 4.69) is 27.2 Å². The van der Waals surface area contributed by atoms with Crippen LogP contribution in [0.2, 0.25) is 0 Å². The summed E-state index contributed by atoms with van der Waals surface area (Å²) in [5.74, 6) is -1.26. The van der Waals surface area contributed by atoms with Crippen molar-refractivity contribution in [1.82, 2.24) is 19.6 Å². The van der Waals surface area contributed by atoms with Crippen LogP contribution in [0.1, 0.15) is 22.8 Å². The van der Waals surface area contributed by atoms with Gasteiger partial charge in [-0.2, -0.15) is 15.0 Å². The number of pyridine rings is 1. The zero-order valence-electron chi connectivity index (χ0n) is 22.6. The fraction of sp³-hybridized carbons (Fsp3) is 0.226. The number of aromatic nitrogens is 4. The summed E-state index contributed by atoms with van der Waals surface area (Å²) in [6.07, 6.45) is 4.69. The van der Waals surface area contributed by atoms with Crippen LogP contribution in [-0.2, 0) is 11.3 Å². The fourth-order valence-corrected chi connectivity index (χ4v) is 5.33. The van der Waals surface area contributed by atoms with E-state index in [4.69, 9.17) is 4.74 Å². The van der Waals surface area contributed by atoms with Crippen molar-refractivity contribution in [3.8, 4) is 5.69 Å². The van der Waals surface area contributed by atoms with Gasteiger partial charge >= 0.3 is 5.97 Å². The molecule has 0 amide bonds. The first kappa shape index (κ1) is 26.2. The molecular weight excluding hydrogens is 523 g/mol. The molecule has 1 aliphatic heterocycles. The van der Waals surface area contributed by atoms with Crippen LogP contribution in [0, 0.1) is 5.82 Å². The van der Waals surface area contributed by atoms with E-state index in [0.29, 0.717) is 36.5 Å². The number of hydrogen-bond acceptors (Lipinski definition) is 7. The number of benzene rings is 3. The minimum absolute atomic E-state index is 0.103. The lowest BCUT2D eigenvalue weighted by molar-refractivity contribution is 0.0524. The Morgan fingerprint density at radius 1 is 0.902 bits per heavy atom. The molecular formula is C31H29FN6O3. The first-order chi connectivity index (χ1) is 20.0. The zero-order chi connectivity index (χ0) is 28.3. The highest BCUT2D eigenvalue weighted by Crippen LogP contribution is 2.30. The predicted molar refractivity (Wildman–Crippen MR) is 155 cm³/mol. The third kappa shape index (κ3) is 5.16. The van der Waals surface area contributed by atoms with Crippen molar-refractivity contribution in [2.24, 2.45) is 0 Å².